The SMILES string of the molecule is Cc1ccc(N(c2ccc(C3=CC=C(c4ccc(N(c5ccc(N(c6ccccc6)c6ccccc6)cc5)c5cccc6ccccc56)cc4)[I-]3)cc2)c2cccc3ccccc23)cc1. The van der Waals surface area contributed by atoms with Gasteiger partial charge in [-0.2, -0.15) is 0 Å². The van der Waals surface area contributed by atoms with E-state index in [1.165, 1.54) is 51.1 Å². The van der Waals surface area contributed by atoms with Gasteiger partial charge in [-0.15, -0.1) is 0 Å². The maximum absolute atomic E-state index is 2.40. The first kappa shape index (κ1) is 40.1. The van der Waals surface area contributed by atoms with Crippen LogP contribution < -0.4 is 35.9 Å². The maximum atomic E-state index is 2.40. The molecule has 0 aliphatic carbocycles. The van der Waals surface area contributed by atoms with Gasteiger partial charge in [-0.1, -0.05) is 36.4 Å². The van der Waals surface area contributed by atoms with Crippen LogP contribution in [0.4, 0.5) is 51.2 Å². The molecule has 0 saturated heterocycles. The molecule has 11 rings (SSSR count). The van der Waals surface area contributed by atoms with E-state index in [2.05, 4.69) is 276 Å². The van der Waals surface area contributed by atoms with Gasteiger partial charge >= 0.3 is 334 Å². The van der Waals surface area contributed by atoms with Gasteiger partial charge in [0.05, 0.1) is 0 Å². The van der Waals surface area contributed by atoms with Crippen molar-refractivity contribution in [2.45, 2.75) is 6.92 Å². The fourth-order valence-electron chi connectivity index (χ4n) is 8.87. The van der Waals surface area contributed by atoms with Crippen LogP contribution in [0.15, 0.2) is 255 Å². The molecule has 0 spiro atoms. The zero-order valence-electron chi connectivity index (χ0n) is 36.0. The van der Waals surface area contributed by atoms with Crippen molar-refractivity contribution in [3.05, 3.63) is 271 Å². The zero-order chi connectivity index (χ0) is 43.5. The predicted octanol–water partition coefficient (Wildman–Crippen LogP) is 14.2. The summed E-state index contributed by atoms with van der Waals surface area (Å²) in [6, 6.07) is 87.8. The van der Waals surface area contributed by atoms with E-state index in [9.17, 15) is 0 Å². The van der Waals surface area contributed by atoms with Crippen LogP contribution >= 0.6 is 0 Å². The zero-order valence-corrected chi connectivity index (χ0v) is 38.1. The molecule has 0 aromatic heterocycles. The normalized spacial score (nSPS) is 12.3. The van der Waals surface area contributed by atoms with E-state index in [1.54, 1.807) is 0 Å². The Morgan fingerprint density at radius 2 is 0.600 bits per heavy atom. The second-order valence-corrected chi connectivity index (χ2v) is 19.1. The first-order chi connectivity index (χ1) is 32.1. The first-order valence-electron chi connectivity index (χ1n) is 22.1. The topological polar surface area (TPSA) is 9.72 Å². The molecule has 312 valence electrons. The van der Waals surface area contributed by atoms with Gasteiger partial charge in [0, 0.05) is 0 Å². The molecular weight excluding hydrogens is 902 g/mol. The number of para-hydroxylation sites is 2. The number of aryl methyl sites for hydroxylation is 1. The summed E-state index contributed by atoms with van der Waals surface area (Å²) in [5.41, 5.74) is 14.0. The molecule has 0 bridgehead atoms. The molecular formula is C61H45IN3-. The standard InChI is InChI=1S/C61H45IN3/c1-44-26-32-52(33-27-44)64(60-24-12-16-45-14-8-10-22-56(45)60)53-34-28-47(29-35-53)58-42-43-59(62-58)48-30-36-54(37-31-48)65(61-25-13-17-46-15-9-11-23-57(46)61)55-40-38-51(39-41-55)63(49-18-4-2-5-19-49)50-20-6-3-7-21-50/h2-43H,1H3/q-1. The van der Waals surface area contributed by atoms with Gasteiger partial charge in [0.15, 0.2) is 0 Å². The number of hydrogen-bond donors (Lipinski definition) is 0. The molecule has 10 aromatic carbocycles. The molecule has 0 amide bonds. The van der Waals surface area contributed by atoms with Gasteiger partial charge in [-0.25, -0.2) is 0 Å². The van der Waals surface area contributed by atoms with Crippen molar-refractivity contribution in [3.63, 3.8) is 0 Å². The van der Waals surface area contributed by atoms with E-state index < -0.39 is 0 Å². The average molecular weight is 947 g/mol. The van der Waals surface area contributed by atoms with Gasteiger partial charge in [-0.05, 0) is 24.3 Å². The Labute approximate surface area is 391 Å². The summed E-state index contributed by atoms with van der Waals surface area (Å²) in [6.45, 7) is 2.14. The van der Waals surface area contributed by atoms with Crippen molar-refractivity contribution < 1.29 is 21.2 Å². The number of fused-ring (bicyclic) bond motifs is 2. The van der Waals surface area contributed by atoms with Crippen LogP contribution in [0.25, 0.3) is 28.7 Å². The fraction of sp³-hybridized carbons (Fsp3) is 0.0164. The summed E-state index contributed by atoms with van der Waals surface area (Å²) in [5.74, 6) is 0. The van der Waals surface area contributed by atoms with Crippen molar-refractivity contribution >= 4 is 79.9 Å². The molecule has 0 unspecified atom stereocenters. The Morgan fingerprint density at radius 3 is 1.03 bits per heavy atom. The van der Waals surface area contributed by atoms with Crippen LogP contribution in [-0.2, 0) is 0 Å². The summed E-state index contributed by atoms with van der Waals surface area (Å²) in [6.07, 6.45) is 4.68. The molecule has 0 atom stereocenters. The number of benzene rings is 10. The monoisotopic (exact) mass is 946 g/mol. The van der Waals surface area contributed by atoms with E-state index in [-0.39, 0.29) is 21.2 Å². The van der Waals surface area contributed by atoms with E-state index in [0.717, 1.165) is 45.5 Å². The summed E-state index contributed by atoms with van der Waals surface area (Å²) in [5, 5.41) is 4.89. The number of anilines is 9. The van der Waals surface area contributed by atoms with Gasteiger partial charge in [-0.3, -0.25) is 0 Å². The molecule has 10 aromatic rings. The van der Waals surface area contributed by atoms with E-state index >= 15 is 0 Å². The van der Waals surface area contributed by atoms with Crippen LogP contribution in [-0.4, -0.2) is 0 Å². The van der Waals surface area contributed by atoms with Crippen molar-refractivity contribution in [2.24, 2.45) is 0 Å². The predicted molar refractivity (Wildman–Crippen MR) is 273 cm³/mol. The van der Waals surface area contributed by atoms with Crippen molar-refractivity contribution in [1.82, 2.24) is 0 Å². The molecule has 1 aliphatic rings. The summed E-state index contributed by atoms with van der Waals surface area (Å²) in [4.78, 5) is 7.09. The molecule has 0 radical (unpaired) electrons. The van der Waals surface area contributed by atoms with Crippen LogP contribution in [0.2, 0.25) is 0 Å². The summed E-state index contributed by atoms with van der Waals surface area (Å²) < 4.78 is 2.86. The van der Waals surface area contributed by atoms with E-state index in [4.69, 9.17) is 0 Å². The minimum atomic E-state index is -0.388. The number of hydrogen-bond acceptors (Lipinski definition) is 3. The van der Waals surface area contributed by atoms with Gasteiger partial charge in [0.2, 0.25) is 0 Å². The van der Waals surface area contributed by atoms with Crippen LogP contribution in [0.1, 0.15) is 16.7 Å². The van der Waals surface area contributed by atoms with Crippen molar-refractivity contribution in [2.75, 3.05) is 14.7 Å². The summed E-state index contributed by atoms with van der Waals surface area (Å²) in [7, 11) is 0. The molecule has 4 heteroatoms. The molecule has 0 N–H and O–H groups in total. The van der Waals surface area contributed by atoms with Gasteiger partial charge in [0.25, 0.3) is 0 Å². The van der Waals surface area contributed by atoms with Crippen molar-refractivity contribution in [1.29, 1.82) is 0 Å². The molecule has 65 heavy (non-hydrogen) atoms. The molecule has 3 nitrogen and oxygen atoms in total. The van der Waals surface area contributed by atoms with Gasteiger partial charge in [0.1, 0.15) is 0 Å². The molecule has 1 aliphatic heterocycles. The Morgan fingerprint density at radius 1 is 0.277 bits per heavy atom. The third-order valence-electron chi connectivity index (χ3n) is 12.1. The third kappa shape index (κ3) is 8.09. The number of halogens is 1. The van der Waals surface area contributed by atoms with E-state index in [0.29, 0.717) is 0 Å². The quantitative estimate of drug-likeness (QED) is 0.120. The third-order valence-corrected chi connectivity index (χ3v) is 15.2. The van der Waals surface area contributed by atoms with Crippen LogP contribution in [0, 0.1) is 6.92 Å². The fourth-order valence-corrected chi connectivity index (χ4v) is 11.6. The Hall–Kier alpha value is -7.67. The second kappa shape index (κ2) is 17.8. The Kier molecular flexibility index (Phi) is 11.0. The number of allylic oxidation sites excluding steroid dienone is 2. The molecule has 0 fully saturated rings. The first-order valence-corrected chi connectivity index (χ1v) is 24.2. The Balaban J connectivity index is 0.874. The Bertz CT molecular complexity index is 3270. The van der Waals surface area contributed by atoms with E-state index in [1.807, 2.05) is 0 Å². The minimum absolute atomic E-state index is 0.388. The van der Waals surface area contributed by atoms with Crippen LogP contribution in [0.3, 0.4) is 0 Å². The van der Waals surface area contributed by atoms with Gasteiger partial charge < -0.3 is 0 Å². The van der Waals surface area contributed by atoms with Crippen molar-refractivity contribution in [3.8, 4) is 0 Å². The second-order valence-electron chi connectivity index (χ2n) is 16.2. The number of rotatable bonds is 11. The number of nitrogens with zero attached hydrogens (tertiary/aromatic N) is 3. The molecule has 1 heterocycles. The average Bonchev–Trinajstić information content (AvgIpc) is 3.87. The molecule has 0 saturated carbocycles. The van der Waals surface area contributed by atoms with Crippen LogP contribution in [0.5, 0.6) is 0 Å². The summed E-state index contributed by atoms with van der Waals surface area (Å²) >= 11 is -0.388.